The molecule has 1 saturated heterocycles. The van der Waals surface area contributed by atoms with Crippen LogP contribution in [0.2, 0.25) is 0 Å². The van der Waals surface area contributed by atoms with Crippen molar-refractivity contribution in [3.05, 3.63) is 0 Å². The summed E-state index contributed by atoms with van der Waals surface area (Å²) in [6, 6.07) is 0.626. The summed E-state index contributed by atoms with van der Waals surface area (Å²) in [6.07, 6.45) is 1.46. The van der Waals surface area contributed by atoms with Gasteiger partial charge in [0.05, 0.1) is 6.42 Å². The highest BCUT2D eigenvalue weighted by molar-refractivity contribution is 7.99. The monoisotopic (exact) mass is 259 g/mol. The Morgan fingerprint density at radius 2 is 2.24 bits per heavy atom. The van der Waals surface area contributed by atoms with Crippen LogP contribution in [0.4, 0.5) is 0 Å². The van der Waals surface area contributed by atoms with Gasteiger partial charge in [0.15, 0.2) is 0 Å². The maximum absolute atomic E-state index is 10.8. The third-order valence-corrected chi connectivity index (χ3v) is 4.91. The number of hydrogen-bond donors (Lipinski definition) is 1. The van der Waals surface area contributed by atoms with Gasteiger partial charge in [-0.3, -0.25) is 9.69 Å². The summed E-state index contributed by atoms with van der Waals surface area (Å²) in [6.45, 7) is 9.73. The van der Waals surface area contributed by atoms with Crippen LogP contribution in [-0.2, 0) is 4.79 Å². The third-order valence-electron chi connectivity index (χ3n) is 3.87. The lowest BCUT2D eigenvalue weighted by atomic mass is 9.80. The van der Waals surface area contributed by atoms with Crippen LogP contribution in [0.5, 0.6) is 0 Å². The van der Waals surface area contributed by atoms with Crippen LogP contribution in [0, 0.1) is 5.41 Å². The molecule has 2 atom stereocenters. The van der Waals surface area contributed by atoms with E-state index in [1.54, 1.807) is 0 Å². The first kappa shape index (κ1) is 14.8. The van der Waals surface area contributed by atoms with Crippen LogP contribution < -0.4 is 0 Å². The lowest BCUT2D eigenvalue weighted by Gasteiger charge is -2.47. The van der Waals surface area contributed by atoms with Crippen LogP contribution in [0.15, 0.2) is 0 Å². The van der Waals surface area contributed by atoms with E-state index < -0.39 is 5.97 Å². The van der Waals surface area contributed by atoms with Gasteiger partial charge in [-0.2, -0.15) is 11.8 Å². The predicted octanol–water partition coefficient (Wildman–Crippen LogP) is 2.70. The van der Waals surface area contributed by atoms with E-state index in [9.17, 15) is 4.79 Å². The Labute approximate surface area is 109 Å². The minimum Gasteiger partial charge on any atom is -0.481 e. The molecule has 2 unspecified atom stereocenters. The number of rotatable bonds is 5. The number of carbonyl (C=O) groups is 1. The molecule has 0 aromatic carbocycles. The number of thioether (sulfide) groups is 1. The molecule has 4 heteroatoms. The quantitative estimate of drug-likeness (QED) is 0.824. The van der Waals surface area contributed by atoms with Crippen LogP contribution in [-0.4, -0.2) is 46.1 Å². The van der Waals surface area contributed by atoms with E-state index in [0.29, 0.717) is 11.5 Å². The summed E-state index contributed by atoms with van der Waals surface area (Å²) in [4.78, 5) is 13.2. The summed E-state index contributed by atoms with van der Waals surface area (Å²) in [5.74, 6) is 1.66. The van der Waals surface area contributed by atoms with Gasteiger partial charge in [0.2, 0.25) is 0 Å². The molecule has 0 amide bonds. The van der Waals surface area contributed by atoms with Gasteiger partial charge in [-0.15, -0.1) is 0 Å². The molecule has 1 heterocycles. The molecule has 1 aliphatic heterocycles. The van der Waals surface area contributed by atoms with Crippen molar-refractivity contribution in [1.29, 1.82) is 0 Å². The molecule has 0 spiro atoms. The van der Waals surface area contributed by atoms with Gasteiger partial charge in [0.1, 0.15) is 0 Å². The smallest absolute Gasteiger partial charge is 0.304 e. The van der Waals surface area contributed by atoms with Gasteiger partial charge in [0, 0.05) is 17.8 Å². The third kappa shape index (κ3) is 3.88. The maximum atomic E-state index is 10.8. The van der Waals surface area contributed by atoms with Gasteiger partial charge >= 0.3 is 5.97 Å². The number of carboxylic acid groups (broad SMARTS) is 1. The minimum atomic E-state index is -0.697. The molecule has 0 aromatic rings. The average molecular weight is 259 g/mol. The Morgan fingerprint density at radius 1 is 1.59 bits per heavy atom. The van der Waals surface area contributed by atoms with Crippen LogP contribution >= 0.6 is 11.8 Å². The highest BCUT2D eigenvalue weighted by atomic mass is 32.2. The summed E-state index contributed by atoms with van der Waals surface area (Å²) < 4.78 is 0. The number of carboxylic acids is 1. The Hall–Kier alpha value is -0.220. The van der Waals surface area contributed by atoms with E-state index in [4.69, 9.17) is 5.11 Å². The molecule has 0 aromatic heterocycles. The fraction of sp³-hybridized carbons (Fsp3) is 0.923. The lowest BCUT2D eigenvalue weighted by molar-refractivity contribution is -0.138. The predicted molar refractivity (Wildman–Crippen MR) is 73.6 cm³/mol. The fourth-order valence-electron chi connectivity index (χ4n) is 2.68. The second kappa shape index (κ2) is 6.10. The molecule has 100 valence electrons. The van der Waals surface area contributed by atoms with Crippen molar-refractivity contribution in [3.8, 4) is 0 Å². The van der Waals surface area contributed by atoms with E-state index >= 15 is 0 Å². The summed E-state index contributed by atoms with van der Waals surface area (Å²) >= 11 is 2.00. The molecule has 1 fully saturated rings. The largest absolute Gasteiger partial charge is 0.481 e. The molecule has 0 saturated carbocycles. The van der Waals surface area contributed by atoms with Crippen molar-refractivity contribution >= 4 is 17.7 Å². The summed E-state index contributed by atoms with van der Waals surface area (Å²) in [5, 5.41) is 8.92. The van der Waals surface area contributed by atoms with E-state index in [1.807, 2.05) is 18.7 Å². The van der Waals surface area contributed by atoms with Crippen molar-refractivity contribution < 1.29 is 9.90 Å². The molecular formula is C13H25NO2S. The lowest BCUT2D eigenvalue weighted by Crippen LogP contribution is -2.53. The Morgan fingerprint density at radius 3 is 2.71 bits per heavy atom. The molecular weight excluding hydrogens is 234 g/mol. The SMILES string of the molecule is CCN(C(C)CC(=O)O)C1CSCCC1(C)C. The highest BCUT2D eigenvalue weighted by Crippen LogP contribution is 2.38. The zero-order valence-corrected chi connectivity index (χ0v) is 12.2. The summed E-state index contributed by atoms with van der Waals surface area (Å²) in [7, 11) is 0. The molecule has 17 heavy (non-hydrogen) atoms. The first-order chi connectivity index (χ1) is 7.88. The van der Waals surface area contributed by atoms with E-state index in [0.717, 1.165) is 12.3 Å². The highest BCUT2D eigenvalue weighted by Gasteiger charge is 2.37. The molecule has 1 rings (SSSR count). The van der Waals surface area contributed by atoms with Crippen molar-refractivity contribution in [2.45, 2.75) is 52.6 Å². The van der Waals surface area contributed by atoms with E-state index in [1.165, 1.54) is 12.2 Å². The van der Waals surface area contributed by atoms with E-state index in [-0.39, 0.29) is 12.5 Å². The van der Waals surface area contributed by atoms with Gasteiger partial charge in [-0.1, -0.05) is 20.8 Å². The van der Waals surface area contributed by atoms with E-state index in [2.05, 4.69) is 25.7 Å². The molecule has 3 nitrogen and oxygen atoms in total. The molecule has 1 aliphatic rings. The normalized spacial score (nSPS) is 25.8. The van der Waals surface area contributed by atoms with Crippen molar-refractivity contribution in [2.75, 3.05) is 18.1 Å². The van der Waals surface area contributed by atoms with Crippen molar-refractivity contribution in [1.82, 2.24) is 4.90 Å². The minimum absolute atomic E-state index is 0.125. The van der Waals surface area contributed by atoms with Gasteiger partial charge in [-0.05, 0) is 31.1 Å². The fourth-order valence-corrected chi connectivity index (χ4v) is 4.38. The standard InChI is InChI=1S/C13H25NO2S/c1-5-14(10(2)8-12(15)16)11-9-17-7-6-13(11,3)4/h10-11H,5-9H2,1-4H3,(H,15,16). The zero-order chi connectivity index (χ0) is 13.1. The Bertz CT molecular complexity index is 268. The van der Waals surface area contributed by atoms with Gasteiger partial charge in [0.25, 0.3) is 0 Å². The number of aliphatic carboxylic acids is 1. The van der Waals surface area contributed by atoms with Crippen molar-refractivity contribution in [2.24, 2.45) is 5.41 Å². The second-order valence-corrected chi connectivity index (χ2v) is 6.76. The molecule has 0 bridgehead atoms. The van der Waals surface area contributed by atoms with Gasteiger partial charge < -0.3 is 5.11 Å². The Balaban J connectivity index is 2.74. The van der Waals surface area contributed by atoms with Crippen LogP contribution in [0.3, 0.4) is 0 Å². The number of nitrogens with zero attached hydrogens (tertiary/aromatic N) is 1. The maximum Gasteiger partial charge on any atom is 0.304 e. The molecule has 0 aliphatic carbocycles. The average Bonchev–Trinajstić information content (AvgIpc) is 2.20. The first-order valence-corrected chi connectivity index (χ1v) is 7.59. The van der Waals surface area contributed by atoms with Crippen LogP contribution in [0.25, 0.3) is 0 Å². The van der Waals surface area contributed by atoms with Gasteiger partial charge in [-0.25, -0.2) is 0 Å². The second-order valence-electron chi connectivity index (χ2n) is 5.61. The molecule has 1 N–H and O–H groups in total. The van der Waals surface area contributed by atoms with Crippen molar-refractivity contribution in [3.63, 3.8) is 0 Å². The topological polar surface area (TPSA) is 40.5 Å². The molecule has 0 radical (unpaired) electrons. The Kier molecular flexibility index (Phi) is 5.32. The summed E-state index contributed by atoms with van der Waals surface area (Å²) in [5.41, 5.74) is 0.300. The first-order valence-electron chi connectivity index (χ1n) is 6.43. The van der Waals surface area contributed by atoms with Crippen LogP contribution in [0.1, 0.15) is 40.5 Å². The number of hydrogen-bond acceptors (Lipinski definition) is 3. The zero-order valence-electron chi connectivity index (χ0n) is 11.4.